The van der Waals surface area contributed by atoms with Crippen LogP contribution < -0.4 is 5.32 Å². The summed E-state index contributed by atoms with van der Waals surface area (Å²) in [6.07, 6.45) is 0.308. The Morgan fingerprint density at radius 3 is 2.38 bits per heavy atom. The molecular weight excluding hydrogens is 343 g/mol. The second kappa shape index (κ2) is 7.09. The summed E-state index contributed by atoms with van der Waals surface area (Å²) in [7, 11) is 0. The van der Waals surface area contributed by atoms with E-state index in [1.165, 1.54) is 24.3 Å². The van der Waals surface area contributed by atoms with Crippen molar-refractivity contribution in [3.05, 3.63) is 69.4 Å². The molecule has 0 aliphatic carbocycles. The largest absolute Gasteiger partial charge is 0.310 e. The minimum atomic E-state index is -0.608. The molecule has 21 heavy (non-hydrogen) atoms. The van der Waals surface area contributed by atoms with Crippen LogP contribution in [0.1, 0.15) is 24.1 Å². The standard InChI is InChI=1S/C16H15BrF3N/c1-2-21-16(13-8-11(18)5-6-14(13)17)7-10-3-4-12(19)9-15(10)20/h3-6,8-9,16,21H,2,7H2,1H3. The molecule has 112 valence electrons. The molecule has 2 aromatic rings. The predicted octanol–water partition coefficient (Wildman–Crippen LogP) is 4.76. The molecule has 0 spiro atoms. The van der Waals surface area contributed by atoms with Gasteiger partial charge in [-0.2, -0.15) is 0 Å². The molecule has 0 amide bonds. The molecular formula is C16H15BrF3N. The summed E-state index contributed by atoms with van der Waals surface area (Å²) < 4.78 is 40.9. The van der Waals surface area contributed by atoms with Crippen LogP contribution in [0.2, 0.25) is 0 Å². The maximum absolute atomic E-state index is 13.8. The molecule has 0 aliphatic rings. The zero-order valence-electron chi connectivity index (χ0n) is 11.5. The van der Waals surface area contributed by atoms with Gasteiger partial charge in [-0.15, -0.1) is 0 Å². The number of hydrogen-bond acceptors (Lipinski definition) is 1. The lowest BCUT2D eigenvalue weighted by atomic mass is 9.98. The van der Waals surface area contributed by atoms with Gasteiger partial charge in [-0.25, -0.2) is 13.2 Å². The molecule has 0 heterocycles. The molecule has 1 nitrogen and oxygen atoms in total. The first-order valence-electron chi connectivity index (χ1n) is 6.63. The molecule has 0 radical (unpaired) electrons. The van der Waals surface area contributed by atoms with Crippen LogP contribution in [0, 0.1) is 17.5 Å². The Morgan fingerprint density at radius 2 is 1.71 bits per heavy atom. The van der Waals surface area contributed by atoms with E-state index in [1.54, 1.807) is 6.07 Å². The van der Waals surface area contributed by atoms with E-state index in [4.69, 9.17) is 0 Å². The molecule has 5 heteroatoms. The third kappa shape index (κ3) is 4.08. The Bertz CT molecular complexity index is 631. The lowest BCUT2D eigenvalue weighted by Gasteiger charge is -2.20. The van der Waals surface area contributed by atoms with Gasteiger partial charge in [0.05, 0.1) is 0 Å². The third-order valence-electron chi connectivity index (χ3n) is 3.22. The van der Waals surface area contributed by atoms with Gasteiger partial charge in [0.1, 0.15) is 17.5 Å². The summed E-state index contributed by atoms with van der Waals surface area (Å²) in [5.41, 5.74) is 1.10. The van der Waals surface area contributed by atoms with Gasteiger partial charge in [0, 0.05) is 16.6 Å². The molecule has 1 N–H and O–H groups in total. The molecule has 2 aromatic carbocycles. The number of rotatable bonds is 5. The Balaban J connectivity index is 2.32. The number of halogens is 4. The number of hydrogen-bond donors (Lipinski definition) is 1. The first-order valence-corrected chi connectivity index (χ1v) is 7.42. The Hall–Kier alpha value is -1.33. The fraction of sp³-hybridized carbons (Fsp3) is 0.250. The second-order valence-corrected chi connectivity index (χ2v) is 5.57. The molecule has 0 aliphatic heterocycles. The monoisotopic (exact) mass is 357 g/mol. The van der Waals surface area contributed by atoms with Gasteiger partial charge in [-0.1, -0.05) is 28.9 Å². The summed E-state index contributed by atoms with van der Waals surface area (Å²) in [5, 5.41) is 3.20. The zero-order chi connectivity index (χ0) is 15.4. The van der Waals surface area contributed by atoms with E-state index in [1.807, 2.05) is 6.92 Å². The van der Waals surface area contributed by atoms with Crippen molar-refractivity contribution >= 4 is 15.9 Å². The van der Waals surface area contributed by atoms with Crippen LogP contribution in [0.3, 0.4) is 0 Å². The molecule has 1 atom stereocenters. The number of likely N-dealkylation sites (N-methyl/N-ethyl adjacent to an activating group) is 1. The van der Waals surface area contributed by atoms with E-state index < -0.39 is 11.6 Å². The highest BCUT2D eigenvalue weighted by atomic mass is 79.9. The minimum Gasteiger partial charge on any atom is -0.310 e. The fourth-order valence-electron chi connectivity index (χ4n) is 2.23. The van der Waals surface area contributed by atoms with Gasteiger partial charge in [-0.3, -0.25) is 0 Å². The summed E-state index contributed by atoms with van der Waals surface area (Å²) >= 11 is 3.38. The molecule has 2 rings (SSSR count). The summed E-state index contributed by atoms with van der Waals surface area (Å²) in [6, 6.07) is 7.63. The Labute approximate surface area is 130 Å². The second-order valence-electron chi connectivity index (χ2n) is 4.72. The van der Waals surface area contributed by atoms with Gasteiger partial charge in [0.15, 0.2) is 0 Å². The van der Waals surface area contributed by atoms with E-state index >= 15 is 0 Å². The minimum absolute atomic E-state index is 0.264. The Morgan fingerprint density at radius 1 is 1.05 bits per heavy atom. The molecule has 0 aromatic heterocycles. The van der Waals surface area contributed by atoms with E-state index in [-0.39, 0.29) is 11.9 Å². The van der Waals surface area contributed by atoms with E-state index in [9.17, 15) is 13.2 Å². The quantitative estimate of drug-likeness (QED) is 0.813. The van der Waals surface area contributed by atoms with Crippen molar-refractivity contribution in [2.45, 2.75) is 19.4 Å². The van der Waals surface area contributed by atoms with Crippen LogP contribution in [0.15, 0.2) is 40.9 Å². The Kier molecular flexibility index (Phi) is 5.42. The number of benzene rings is 2. The van der Waals surface area contributed by atoms with Gasteiger partial charge >= 0.3 is 0 Å². The zero-order valence-corrected chi connectivity index (χ0v) is 13.1. The van der Waals surface area contributed by atoms with Crippen LogP contribution in [0.5, 0.6) is 0 Å². The topological polar surface area (TPSA) is 12.0 Å². The van der Waals surface area contributed by atoms with E-state index in [0.717, 1.165) is 10.5 Å². The van der Waals surface area contributed by atoms with Crippen molar-refractivity contribution in [1.29, 1.82) is 0 Å². The summed E-state index contributed by atoms with van der Waals surface area (Å²) in [5.74, 6) is -1.55. The molecule has 0 bridgehead atoms. The van der Waals surface area contributed by atoms with Crippen LogP contribution >= 0.6 is 15.9 Å². The molecule has 0 saturated heterocycles. The predicted molar refractivity (Wildman–Crippen MR) is 80.6 cm³/mol. The third-order valence-corrected chi connectivity index (χ3v) is 3.95. The molecule has 0 fully saturated rings. The fourth-order valence-corrected chi connectivity index (χ4v) is 2.75. The van der Waals surface area contributed by atoms with Crippen molar-refractivity contribution in [2.75, 3.05) is 6.54 Å². The molecule has 1 unspecified atom stereocenters. The highest BCUT2D eigenvalue weighted by Gasteiger charge is 2.17. The van der Waals surface area contributed by atoms with Crippen molar-refractivity contribution in [2.24, 2.45) is 0 Å². The lowest BCUT2D eigenvalue weighted by Crippen LogP contribution is -2.24. The van der Waals surface area contributed by atoms with Crippen molar-refractivity contribution in [3.8, 4) is 0 Å². The van der Waals surface area contributed by atoms with E-state index in [0.29, 0.717) is 24.1 Å². The van der Waals surface area contributed by atoms with Gasteiger partial charge < -0.3 is 5.32 Å². The molecule has 0 saturated carbocycles. The lowest BCUT2D eigenvalue weighted by molar-refractivity contribution is 0.516. The normalized spacial score (nSPS) is 12.4. The van der Waals surface area contributed by atoms with Crippen LogP contribution in [0.25, 0.3) is 0 Å². The van der Waals surface area contributed by atoms with Crippen molar-refractivity contribution in [1.82, 2.24) is 5.32 Å². The van der Waals surface area contributed by atoms with Crippen molar-refractivity contribution < 1.29 is 13.2 Å². The highest BCUT2D eigenvalue weighted by Crippen LogP contribution is 2.28. The van der Waals surface area contributed by atoms with Gasteiger partial charge in [0.2, 0.25) is 0 Å². The average molecular weight is 358 g/mol. The van der Waals surface area contributed by atoms with E-state index in [2.05, 4.69) is 21.2 Å². The van der Waals surface area contributed by atoms with Gasteiger partial charge in [-0.05, 0) is 48.4 Å². The SMILES string of the molecule is CCNC(Cc1ccc(F)cc1F)c1cc(F)ccc1Br. The van der Waals surface area contributed by atoms with Gasteiger partial charge in [0.25, 0.3) is 0 Å². The maximum Gasteiger partial charge on any atom is 0.129 e. The number of nitrogens with one attached hydrogen (secondary N) is 1. The van der Waals surface area contributed by atoms with Crippen LogP contribution in [-0.2, 0) is 6.42 Å². The smallest absolute Gasteiger partial charge is 0.129 e. The first kappa shape index (κ1) is 16.0. The van der Waals surface area contributed by atoms with Crippen LogP contribution in [0.4, 0.5) is 13.2 Å². The van der Waals surface area contributed by atoms with Crippen LogP contribution in [-0.4, -0.2) is 6.54 Å². The average Bonchev–Trinajstić information content (AvgIpc) is 2.44. The maximum atomic E-state index is 13.8. The van der Waals surface area contributed by atoms with Crippen molar-refractivity contribution in [3.63, 3.8) is 0 Å². The summed E-state index contributed by atoms with van der Waals surface area (Å²) in [6.45, 7) is 2.57. The highest BCUT2D eigenvalue weighted by molar-refractivity contribution is 9.10. The summed E-state index contributed by atoms with van der Waals surface area (Å²) in [4.78, 5) is 0. The first-order chi connectivity index (χ1) is 10.0.